The van der Waals surface area contributed by atoms with Crippen LogP contribution in [0.2, 0.25) is 0 Å². The average molecular weight is 301 g/mol. The van der Waals surface area contributed by atoms with E-state index in [4.69, 9.17) is 5.11 Å². The van der Waals surface area contributed by atoms with E-state index in [1.807, 2.05) is 0 Å². The number of rotatable bonds is 5. The van der Waals surface area contributed by atoms with Crippen LogP contribution >= 0.6 is 0 Å². The molecule has 19 heavy (non-hydrogen) atoms. The summed E-state index contributed by atoms with van der Waals surface area (Å²) < 4.78 is 35.2. The number of aliphatic hydroxyl groups is 1. The summed E-state index contributed by atoms with van der Waals surface area (Å²) in [7, 11) is -3.67. The van der Waals surface area contributed by atoms with Gasteiger partial charge in [-0.1, -0.05) is 13.0 Å². The third-order valence-corrected chi connectivity index (χ3v) is 5.15. The van der Waals surface area contributed by atoms with E-state index in [-0.39, 0.29) is 23.5 Å². The van der Waals surface area contributed by atoms with Gasteiger partial charge in [0.2, 0.25) is 10.0 Å². The first-order valence-electron chi connectivity index (χ1n) is 5.80. The zero-order valence-electron chi connectivity index (χ0n) is 10.6. The molecule has 0 amide bonds. The SMILES string of the molecule is CC(CO)C(C)NS(=O)(=O)c1cccc2c1N=S=N2. The van der Waals surface area contributed by atoms with Crippen LogP contribution in [0.5, 0.6) is 0 Å². The number of sulfonamides is 1. The maximum Gasteiger partial charge on any atom is 0.243 e. The van der Waals surface area contributed by atoms with Crippen LogP contribution in [0.3, 0.4) is 0 Å². The molecule has 1 aromatic rings. The van der Waals surface area contributed by atoms with E-state index >= 15 is 0 Å². The van der Waals surface area contributed by atoms with E-state index in [0.717, 1.165) is 11.4 Å². The second kappa shape index (κ2) is 5.49. The quantitative estimate of drug-likeness (QED) is 0.880. The Kier molecular flexibility index (Phi) is 4.14. The molecule has 0 bridgehead atoms. The van der Waals surface area contributed by atoms with Crippen molar-refractivity contribution in [2.24, 2.45) is 14.6 Å². The number of hydrogen-bond donors (Lipinski definition) is 2. The average Bonchev–Trinajstić information content (AvgIpc) is 2.84. The first-order chi connectivity index (χ1) is 8.95. The smallest absolute Gasteiger partial charge is 0.243 e. The summed E-state index contributed by atoms with van der Waals surface area (Å²) >= 11 is 0.981. The standard InChI is InChI=1S/C11H15N3O3S2/c1-7(6-15)8(2)14-19(16,17)10-5-3-4-9-11(10)13-18-12-9/h3-5,7-8,14-15H,6H2,1-2H3. The van der Waals surface area contributed by atoms with Crippen molar-refractivity contribution in [2.45, 2.75) is 24.8 Å². The van der Waals surface area contributed by atoms with Gasteiger partial charge in [-0.25, -0.2) is 13.1 Å². The molecule has 1 aromatic carbocycles. The van der Waals surface area contributed by atoms with Gasteiger partial charge in [0.15, 0.2) is 0 Å². The second-order valence-electron chi connectivity index (χ2n) is 4.46. The van der Waals surface area contributed by atoms with Gasteiger partial charge in [-0.2, -0.15) is 8.73 Å². The van der Waals surface area contributed by atoms with Gasteiger partial charge in [0.1, 0.15) is 16.3 Å². The lowest BCUT2D eigenvalue weighted by Gasteiger charge is -2.19. The molecule has 0 saturated heterocycles. The van der Waals surface area contributed by atoms with Crippen molar-refractivity contribution < 1.29 is 13.5 Å². The Hall–Kier alpha value is -1.09. The predicted molar refractivity (Wildman–Crippen MR) is 74.0 cm³/mol. The maximum atomic E-state index is 12.3. The summed E-state index contributed by atoms with van der Waals surface area (Å²) in [6.45, 7) is 3.42. The Bertz CT molecular complexity index is 651. The molecule has 1 heterocycles. The fraction of sp³-hybridized carbons (Fsp3) is 0.455. The van der Waals surface area contributed by atoms with Crippen molar-refractivity contribution >= 4 is 32.8 Å². The molecule has 2 unspecified atom stereocenters. The van der Waals surface area contributed by atoms with E-state index in [1.165, 1.54) is 6.07 Å². The monoisotopic (exact) mass is 301 g/mol. The number of aliphatic hydroxyl groups excluding tert-OH is 1. The summed E-state index contributed by atoms with van der Waals surface area (Å²) in [6.07, 6.45) is 0. The van der Waals surface area contributed by atoms with E-state index in [0.29, 0.717) is 11.4 Å². The highest BCUT2D eigenvalue weighted by Crippen LogP contribution is 2.37. The van der Waals surface area contributed by atoms with Crippen LogP contribution < -0.4 is 4.72 Å². The minimum atomic E-state index is -3.67. The minimum absolute atomic E-state index is 0.0772. The zero-order valence-corrected chi connectivity index (χ0v) is 12.2. The van der Waals surface area contributed by atoms with Crippen LogP contribution in [0, 0.1) is 5.92 Å². The zero-order chi connectivity index (χ0) is 14.0. The van der Waals surface area contributed by atoms with Crippen molar-refractivity contribution in [1.29, 1.82) is 0 Å². The summed E-state index contributed by atoms with van der Waals surface area (Å²) in [4.78, 5) is 0.121. The normalized spacial score (nSPS) is 16.8. The maximum absolute atomic E-state index is 12.3. The highest BCUT2D eigenvalue weighted by atomic mass is 32.2. The Morgan fingerprint density at radius 3 is 2.79 bits per heavy atom. The Labute approximate surface area is 115 Å². The molecular formula is C11H15N3O3S2. The van der Waals surface area contributed by atoms with Gasteiger partial charge in [0.05, 0.1) is 11.4 Å². The van der Waals surface area contributed by atoms with Crippen LogP contribution in [-0.4, -0.2) is 26.2 Å². The molecular weight excluding hydrogens is 286 g/mol. The largest absolute Gasteiger partial charge is 0.396 e. The molecule has 0 saturated carbocycles. The van der Waals surface area contributed by atoms with Gasteiger partial charge < -0.3 is 5.11 Å². The molecule has 8 heteroatoms. The van der Waals surface area contributed by atoms with Crippen molar-refractivity contribution in [3.63, 3.8) is 0 Å². The molecule has 0 aliphatic carbocycles. The van der Waals surface area contributed by atoms with E-state index in [1.54, 1.807) is 26.0 Å². The van der Waals surface area contributed by atoms with Gasteiger partial charge in [-0.3, -0.25) is 0 Å². The van der Waals surface area contributed by atoms with E-state index in [9.17, 15) is 8.42 Å². The predicted octanol–water partition coefficient (Wildman–Crippen LogP) is 1.71. The summed E-state index contributed by atoms with van der Waals surface area (Å²) in [6, 6.07) is 4.50. The summed E-state index contributed by atoms with van der Waals surface area (Å²) in [5, 5.41) is 9.06. The van der Waals surface area contributed by atoms with Crippen molar-refractivity contribution in [3.05, 3.63) is 18.2 Å². The molecule has 1 aliphatic heterocycles. The Morgan fingerprint density at radius 1 is 1.37 bits per heavy atom. The van der Waals surface area contributed by atoms with Crippen molar-refractivity contribution in [2.75, 3.05) is 6.61 Å². The van der Waals surface area contributed by atoms with Crippen molar-refractivity contribution in [1.82, 2.24) is 4.72 Å². The molecule has 0 fully saturated rings. The summed E-state index contributed by atoms with van der Waals surface area (Å²) in [5.74, 6) is -0.164. The third-order valence-electron chi connectivity index (χ3n) is 3.02. The van der Waals surface area contributed by atoms with Gasteiger partial charge in [0.25, 0.3) is 0 Å². The summed E-state index contributed by atoms with van der Waals surface area (Å²) in [5.41, 5.74) is 0.944. The highest BCUT2D eigenvalue weighted by Gasteiger charge is 2.25. The van der Waals surface area contributed by atoms with Crippen LogP contribution in [0.25, 0.3) is 0 Å². The van der Waals surface area contributed by atoms with Crippen LogP contribution in [0.1, 0.15) is 13.8 Å². The molecule has 6 nitrogen and oxygen atoms in total. The molecule has 2 atom stereocenters. The highest BCUT2D eigenvalue weighted by molar-refractivity contribution is 7.89. The minimum Gasteiger partial charge on any atom is -0.396 e. The number of nitrogens with one attached hydrogen (secondary N) is 1. The van der Waals surface area contributed by atoms with Gasteiger partial charge in [-0.15, -0.1) is 0 Å². The molecule has 0 spiro atoms. The first-order valence-corrected chi connectivity index (χ1v) is 8.01. The molecule has 1 aliphatic rings. The molecule has 104 valence electrons. The Balaban J connectivity index is 2.32. The molecule has 0 aromatic heterocycles. The third kappa shape index (κ3) is 2.92. The lowest BCUT2D eigenvalue weighted by molar-refractivity contribution is 0.216. The van der Waals surface area contributed by atoms with Crippen molar-refractivity contribution in [3.8, 4) is 0 Å². The van der Waals surface area contributed by atoms with Gasteiger partial charge >= 0.3 is 0 Å². The van der Waals surface area contributed by atoms with Crippen LogP contribution in [0.4, 0.5) is 11.4 Å². The molecule has 2 N–H and O–H groups in total. The topological polar surface area (TPSA) is 91.1 Å². The number of hydrogen-bond acceptors (Lipinski definition) is 5. The van der Waals surface area contributed by atoms with Gasteiger partial charge in [0, 0.05) is 12.6 Å². The van der Waals surface area contributed by atoms with E-state index < -0.39 is 10.0 Å². The number of nitrogens with zero attached hydrogens (tertiary/aromatic N) is 2. The second-order valence-corrected chi connectivity index (χ2v) is 6.67. The Morgan fingerprint density at radius 2 is 2.11 bits per heavy atom. The van der Waals surface area contributed by atoms with Crippen LogP contribution in [-0.2, 0) is 21.4 Å². The van der Waals surface area contributed by atoms with E-state index in [2.05, 4.69) is 13.4 Å². The molecule has 2 rings (SSSR count). The first kappa shape index (κ1) is 14.3. The molecule has 0 radical (unpaired) electrons. The lowest BCUT2D eigenvalue weighted by Crippen LogP contribution is -2.38. The fourth-order valence-electron chi connectivity index (χ4n) is 1.58. The fourth-order valence-corrected chi connectivity index (χ4v) is 3.70. The lowest BCUT2D eigenvalue weighted by atomic mass is 10.1. The number of fused-ring (bicyclic) bond motifs is 1. The number of benzene rings is 1. The van der Waals surface area contributed by atoms with Crippen LogP contribution in [0.15, 0.2) is 31.8 Å². The van der Waals surface area contributed by atoms with Gasteiger partial charge in [-0.05, 0) is 25.0 Å².